The number of nitrogens with zero attached hydrogens (tertiary/aromatic N) is 4. The molecule has 0 aliphatic carbocycles. The number of hydrogen-bond acceptors (Lipinski definition) is 5. The number of hydrogen-bond donors (Lipinski definition) is 0. The molecule has 0 aromatic carbocycles. The summed E-state index contributed by atoms with van der Waals surface area (Å²) in [6.45, 7) is 7.72. The second kappa shape index (κ2) is 8.52. The lowest BCUT2D eigenvalue weighted by Gasteiger charge is -2.38. The van der Waals surface area contributed by atoms with E-state index in [1.165, 1.54) is 0 Å². The van der Waals surface area contributed by atoms with Crippen molar-refractivity contribution in [2.45, 2.75) is 58.2 Å². The van der Waals surface area contributed by atoms with Gasteiger partial charge in [0.2, 0.25) is 5.28 Å². The third-order valence-electron chi connectivity index (χ3n) is 4.00. The zero-order valence-electron chi connectivity index (χ0n) is 15.3. The van der Waals surface area contributed by atoms with E-state index in [1.54, 1.807) is 6.20 Å². The first-order valence-corrected chi connectivity index (χ1v) is 9.26. The Labute approximate surface area is 159 Å². The average Bonchev–Trinajstić information content (AvgIpc) is 2.49. The Balaban J connectivity index is 1.99. The van der Waals surface area contributed by atoms with Gasteiger partial charge in [0.05, 0.1) is 0 Å². The minimum Gasteiger partial charge on any atom is -0.444 e. The van der Waals surface area contributed by atoms with Gasteiger partial charge in [-0.1, -0.05) is 11.6 Å². The highest BCUT2D eigenvalue weighted by molar-refractivity contribution is 6.32. The molecule has 1 aliphatic rings. The van der Waals surface area contributed by atoms with Crippen molar-refractivity contribution >= 4 is 29.3 Å². The van der Waals surface area contributed by atoms with Crippen molar-refractivity contribution in [2.24, 2.45) is 0 Å². The minimum atomic E-state index is -0.487. The number of piperidine rings is 1. The van der Waals surface area contributed by atoms with Gasteiger partial charge in [-0.05, 0) is 58.7 Å². The molecule has 1 aromatic heterocycles. The first-order valence-electron chi connectivity index (χ1n) is 8.51. The highest BCUT2D eigenvalue weighted by Crippen LogP contribution is 2.22. The zero-order valence-corrected chi connectivity index (χ0v) is 16.8. The molecule has 140 valence electrons. The van der Waals surface area contributed by atoms with Gasteiger partial charge >= 0.3 is 6.09 Å². The Morgan fingerprint density at radius 2 is 2.12 bits per heavy atom. The van der Waals surface area contributed by atoms with Gasteiger partial charge in [0.15, 0.2) is 0 Å². The molecule has 1 aromatic rings. The third-order valence-corrected chi connectivity index (χ3v) is 4.51. The SMILES string of the molecule is CN(Cc1cnc(Cl)nc1Cl)C[C@H]1CCCCN1C(=O)OC(C)(C)C. The number of aromatic nitrogens is 2. The summed E-state index contributed by atoms with van der Waals surface area (Å²) in [5, 5.41) is 0.499. The summed E-state index contributed by atoms with van der Waals surface area (Å²) in [6.07, 6.45) is 4.49. The molecule has 0 spiro atoms. The van der Waals surface area contributed by atoms with Crippen LogP contribution in [0.25, 0.3) is 0 Å². The van der Waals surface area contributed by atoms with Gasteiger partial charge in [-0.2, -0.15) is 0 Å². The Morgan fingerprint density at radius 1 is 1.40 bits per heavy atom. The number of ether oxygens (including phenoxy) is 1. The van der Waals surface area contributed by atoms with Gasteiger partial charge in [-0.15, -0.1) is 0 Å². The summed E-state index contributed by atoms with van der Waals surface area (Å²) in [5.41, 5.74) is 0.326. The molecule has 6 nitrogen and oxygen atoms in total. The van der Waals surface area contributed by atoms with Crippen molar-refractivity contribution in [3.05, 3.63) is 22.2 Å². The molecule has 8 heteroatoms. The van der Waals surface area contributed by atoms with Crippen LogP contribution in [0.2, 0.25) is 10.4 Å². The first-order chi connectivity index (χ1) is 11.7. The van der Waals surface area contributed by atoms with E-state index in [0.29, 0.717) is 11.7 Å². The van der Waals surface area contributed by atoms with E-state index in [2.05, 4.69) is 14.9 Å². The molecule has 1 aliphatic heterocycles. The Bertz CT molecular complexity index is 607. The number of likely N-dealkylation sites (tertiary alicyclic amines) is 1. The number of rotatable bonds is 4. The van der Waals surface area contributed by atoms with Crippen LogP contribution in [0.1, 0.15) is 45.6 Å². The van der Waals surface area contributed by atoms with Crippen LogP contribution in [-0.4, -0.2) is 57.6 Å². The van der Waals surface area contributed by atoms with Crippen molar-refractivity contribution in [2.75, 3.05) is 20.1 Å². The molecule has 0 radical (unpaired) electrons. The lowest BCUT2D eigenvalue weighted by molar-refractivity contribution is 0.00586. The van der Waals surface area contributed by atoms with Gasteiger partial charge in [0.25, 0.3) is 0 Å². The molecule has 0 bridgehead atoms. The van der Waals surface area contributed by atoms with E-state index >= 15 is 0 Å². The summed E-state index contributed by atoms with van der Waals surface area (Å²) in [7, 11) is 1.99. The topological polar surface area (TPSA) is 58.6 Å². The molecular weight excluding hydrogens is 363 g/mol. The van der Waals surface area contributed by atoms with Crippen LogP contribution in [0.5, 0.6) is 0 Å². The third kappa shape index (κ3) is 6.28. The summed E-state index contributed by atoms with van der Waals surface area (Å²) in [5.74, 6) is 0. The van der Waals surface area contributed by atoms with Gasteiger partial charge in [0, 0.05) is 37.4 Å². The molecule has 2 heterocycles. The fourth-order valence-corrected chi connectivity index (χ4v) is 3.30. The Kier molecular flexibility index (Phi) is 6.88. The predicted octanol–water partition coefficient (Wildman–Crippen LogP) is 4.00. The monoisotopic (exact) mass is 388 g/mol. The maximum Gasteiger partial charge on any atom is 0.410 e. The van der Waals surface area contributed by atoms with Gasteiger partial charge in [-0.3, -0.25) is 4.90 Å². The molecule has 2 rings (SSSR count). The number of amides is 1. The van der Waals surface area contributed by atoms with Crippen molar-refractivity contribution in [1.82, 2.24) is 19.8 Å². The van der Waals surface area contributed by atoms with E-state index in [0.717, 1.165) is 37.9 Å². The van der Waals surface area contributed by atoms with Crippen LogP contribution in [0.3, 0.4) is 0 Å². The lowest BCUT2D eigenvalue weighted by atomic mass is 10.0. The molecule has 1 atom stereocenters. The van der Waals surface area contributed by atoms with Crippen molar-refractivity contribution in [3.63, 3.8) is 0 Å². The van der Waals surface area contributed by atoms with Crippen LogP contribution < -0.4 is 0 Å². The van der Waals surface area contributed by atoms with Gasteiger partial charge in [0.1, 0.15) is 10.8 Å². The molecule has 0 unspecified atom stereocenters. The molecule has 1 amide bonds. The van der Waals surface area contributed by atoms with Crippen molar-refractivity contribution in [1.29, 1.82) is 0 Å². The molecule has 25 heavy (non-hydrogen) atoms. The summed E-state index contributed by atoms with van der Waals surface area (Å²) < 4.78 is 5.55. The lowest BCUT2D eigenvalue weighted by Crippen LogP contribution is -2.50. The van der Waals surface area contributed by atoms with Crippen molar-refractivity contribution < 1.29 is 9.53 Å². The molecule has 1 fully saturated rings. The highest BCUT2D eigenvalue weighted by atomic mass is 35.5. The Hall–Kier alpha value is -1.11. The van der Waals surface area contributed by atoms with Gasteiger partial charge < -0.3 is 9.64 Å². The standard InChI is InChI=1S/C17H26Cl2N4O2/c1-17(2,3)25-16(24)23-8-6-5-7-13(23)11-22(4)10-12-9-20-15(19)21-14(12)18/h9,13H,5-8,10-11H2,1-4H3/t13-/m1/s1. The second-order valence-corrected chi connectivity index (χ2v) is 8.17. The fraction of sp³-hybridized carbons (Fsp3) is 0.706. The van der Waals surface area contributed by atoms with E-state index in [9.17, 15) is 4.79 Å². The maximum atomic E-state index is 12.5. The zero-order chi connectivity index (χ0) is 18.6. The number of carbonyl (C=O) groups excluding carboxylic acids is 1. The van der Waals surface area contributed by atoms with Crippen LogP contribution in [0, 0.1) is 0 Å². The van der Waals surface area contributed by atoms with Crippen LogP contribution >= 0.6 is 23.2 Å². The summed E-state index contributed by atoms with van der Waals surface area (Å²) in [4.78, 5) is 24.4. The summed E-state index contributed by atoms with van der Waals surface area (Å²) in [6, 6.07) is 0.126. The van der Waals surface area contributed by atoms with E-state index < -0.39 is 5.60 Å². The highest BCUT2D eigenvalue weighted by Gasteiger charge is 2.31. The first kappa shape index (κ1) is 20.2. The number of likely N-dealkylation sites (N-methyl/N-ethyl adjacent to an activating group) is 1. The largest absolute Gasteiger partial charge is 0.444 e. The normalized spacial score (nSPS) is 18.5. The molecular formula is C17H26Cl2N4O2. The fourth-order valence-electron chi connectivity index (χ4n) is 2.94. The van der Waals surface area contributed by atoms with E-state index in [4.69, 9.17) is 27.9 Å². The number of halogens is 2. The smallest absolute Gasteiger partial charge is 0.410 e. The average molecular weight is 389 g/mol. The van der Waals surface area contributed by atoms with Crippen LogP contribution in [-0.2, 0) is 11.3 Å². The molecule has 0 saturated carbocycles. The van der Waals surface area contributed by atoms with E-state index in [1.807, 2.05) is 32.7 Å². The molecule has 0 N–H and O–H groups in total. The minimum absolute atomic E-state index is 0.126. The maximum absolute atomic E-state index is 12.5. The van der Waals surface area contributed by atoms with Crippen LogP contribution in [0.15, 0.2) is 6.20 Å². The molecule has 1 saturated heterocycles. The second-order valence-electron chi connectivity index (χ2n) is 7.48. The Morgan fingerprint density at radius 3 is 2.76 bits per heavy atom. The van der Waals surface area contributed by atoms with Crippen molar-refractivity contribution in [3.8, 4) is 0 Å². The van der Waals surface area contributed by atoms with E-state index in [-0.39, 0.29) is 17.4 Å². The predicted molar refractivity (Wildman–Crippen MR) is 99.0 cm³/mol. The van der Waals surface area contributed by atoms with Crippen LogP contribution in [0.4, 0.5) is 4.79 Å². The quantitative estimate of drug-likeness (QED) is 0.575. The summed E-state index contributed by atoms with van der Waals surface area (Å²) >= 11 is 11.9. The van der Waals surface area contributed by atoms with Gasteiger partial charge in [-0.25, -0.2) is 14.8 Å². The number of carbonyl (C=O) groups is 1.